The van der Waals surface area contributed by atoms with E-state index in [1.165, 1.54) is 14.2 Å². The van der Waals surface area contributed by atoms with E-state index in [0.29, 0.717) is 17.0 Å². The van der Waals surface area contributed by atoms with Crippen LogP contribution in [0.25, 0.3) is 0 Å². The van der Waals surface area contributed by atoms with Gasteiger partial charge in [-0.1, -0.05) is 30.0 Å². The molecule has 2 atom stereocenters. The van der Waals surface area contributed by atoms with Crippen molar-refractivity contribution in [1.82, 2.24) is 5.32 Å². The van der Waals surface area contributed by atoms with Crippen LogP contribution in [0.15, 0.2) is 57.5 Å². The van der Waals surface area contributed by atoms with Gasteiger partial charge in [-0.15, -0.1) is 0 Å². The quantitative estimate of drug-likeness (QED) is 0.402. The van der Waals surface area contributed by atoms with E-state index < -0.39 is 23.7 Å². The summed E-state index contributed by atoms with van der Waals surface area (Å²) in [4.78, 5) is 37.9. The Morgan fingerprint density at radius 2 is 1.91 bits per heavy atom. The van der Waals surface area contributed by atoms with Crippen LogP contribution >= 0.6 is 27.7 Å². The van der Waals surface area contributed by atoms with Crippen molar-refractivity contribution in [2.24, 2.45) is 5.92 Å². The van der Waals surface area contributed by atoms with Gasteiger partial charge in [0.25, 0.3) is 0 Å². The standard InChI is InChI=1S/C24H22BrN3O5S/c1-13-4-9-18(17(25)10-13)27-19(29)12-34-23-16(11-26)20(14-5-7-15(32-2)8-6-14)21(22(30)28-23)24(31)33-3/h4-10,20-21H,12H2,1-3H3,(H,27,29)(H,28,30)/t20-,21-/m1/s1. The molecule has 0 aromatic heterocycles. The third kappa shape index (κ3) is 5.61. The van der Waals surface area contributed by atoms with E-state index in [2.05, 4.69) is 32.6 Å². The first-order chi connectivity index (χ1) is 16.3. The molecule has 0 unspecified atom stereocenters. The number of esters is 1. The third-order valence-electron chi connectivity index (χ3n) is 5.20. The summed E-state index contributed by atoms with van der Waals surface area (Å²) >= 11 is 4.44. The first-order valence-corrected chi connectivity index (χ1v) is 11.9. The molecule has 0 radical (unpaired) electrons. The van der Waals surface area contributed by atoms with E-state index >= 15 is 0 Å². The summed E-state index contributed by atoms with van der Waals surface area (Å²) in [5, 5.41) is 15.6. The zero-order chi connectivity index (χ0) is 24.8. The number of hydrogen-bond acceptors (Lipinski definition) is 7. The first kappa shape index (κ1) is 25.3. The SMILES string of the molecule is COC(=O)[C@H]1C(=O)NC(SCC(=O)Nc2ccc(C)cc2Br)=C(C#N)[C@H]1c1ccc(OC)cc1. The van der Waals surface area contributed by atoms with Gasteiger partial charge < -0.3 is 20.1 Å². The Kier molecular flexibility index (Phi) is 8.36. The number of benzene rings is 2. The Bertz CT molecular complexity index is 1190. The van der Waals surface area contributed by atoms with Gasteiger partial charge >= 0.3 is 5.97 Å². The van der Waals surface area contributed by atoms with Crippen LogP contribution in [0.3, 0.4) is 0 Å². The predicted molar refractivity (Wildman–Crippen MR) is 132 cm³/mol. The molecule has 0 aliphatic carbocycles. The lowest BCUT2D eigenvalue weighted by molar-refractivity contribution is -0.150. The molecular weight excluding hydrogens is 522 g/mol. The van der Waals surface area contributed by atoms with Crippen LogP contribution in [-0.2, 0) is 19.1 Å². The van der Waals surface area contributed by atoms with Crippen LogP contribution in [0.4, 0.5) is 5.69 Å². The van der Waals surface area contributed by atoms with E-state index in [-0.39, 0.29) is 22.3 Å². The minimum atomic E-state index is -1.24. The van der Waals surface area contributed by atoms with Gasteiger partial charge in [-0.05, 0) is 58.2 Å². The molecule has 0 spiro atoms. The number of amides is 2. The Balaban J connectivity index is 1.89. The normalized spacial score (nSPS) is 17.4. The summed E-state index contributed by atoms with van der Waals surface area (Å²) in [5.74, 6) is -3.24. The highest BCUT2D eigenvalue weighted by Crippen LogP contribution is 2.40. The van der Waals surface area contributed by atoms with E-state index in [1.54, 1.807) is 30.3 Å². The number of thioether (sulfide) groups is 1. The molecule has 0 saturated heterocycles. The zero-order valence-corrected chi connectivity index (χ0v) is 21.1. The molecule has 2 aromatic rings. The Hall–Kier alpha value is -3.29. The minimum Gasteiger partial charge on any atom is -0.497 e. The van der Waals surface area contributed by atoms with Gasteiger partial charge in [-0.3, -0.25) is 14.4 Å². The van der Waals surface area contributed by atoms with Crippen molar-refractivity contribution in [2.75, 3.05) is 25.3 Å². The zero-order valence-electron chi connectivity index (χ0n) is 18.7. The van der Waals surface area contributed by atoms with Crippen LogP contribution in [0.5, 0.6) is 5.75 Å². The number of aryl methyl sites for hydroxylation is 1. The fourth-order valence-electron chi connectivity index (χ4n) is 3.54. The number of anilines is 1. The summed E-state index contributed by atoms with van der Waals surface area (Å²) in [6, 6.07) is 14.4. The monoisotopic (exact) mass is 543 g/mol. The lowest BCUT2D eigenvalue weighted by atomic mass is 9.78. The van der Waals surface area contributed by atoms with E-state index in [4.69, 9.17) is 9.47 Å². The number of rotatable bonds is 7. The van der Waals surface area contributed by atoms with Gasteiger partial charge in [0.1, 0.15) is 11.7 Å². The summed E-state index contributed by atoms with van der Waals surface area (Å²) in [6.45, 7) is 1.94. The molecule has 176 valence electrons. The number of nitriles is 1. The largest absolute Gasteiger partial charge is 0.497 e. The van der Waals surface area contributed by atoms with Crippen molar-refractivity contribution in [1.29, 1.82) is 5.26 Å². The van der Waals surface area contributed by atoms with Crippen LogP contribution < -0.4 is 15.4 Å². The summed E-state index contributed by atoms with van der Waals surface area (Å²) < 4.78 is 10.8. The summed E-state index contributed by atoms with van der Waals surface area (Å²) in [5.41, 5.74) is 2.40. The highest BCUT2D eigenvalue weighted by molar-refractivity contribution is 9.10. The number of methoxy groups -OCH3 is 2. The maximum atomic E-state index is 12.9. The number of nitrogens with zero attached hydrogens (tertiary/aromatic N) is 1. The maximum absolute atomic E-state index is 12.9. The van der Waals surface area contributed by atoms with Crippen molar-refractivity contribution in [3.05, 3.63) is 68.7 Å². The van der Waals surface area contributed by atoms with E-state index in [1.807, 2.05) is 19.1 Å². The van der Waals surface area contributed by atoms with Crippen LogP contribution in [0.2, 0.25) is 0 Å². The van der Waals surface area contributed by atoms with Crippen molar-refractivity contribution in [3.8, 4) is 11.8 Å². The third-order valence-corrected chi connectivity index (χ3v) is 6.88. The predicted octanol–water partition coefficient (Wildman–Crippen LogP) is 3.88. The highest BCUT2D eigenvalue weighted by atomic mass is 79.9. The molecule has 0 fully saturated rings. The number of carbonyl (C=O) groups is 3. The highest BCUT2D eigenvalue weighted by Gasteiger charge is 2.44. The number of ether oxygens (including phenoxy) is 2. The molecule has 3 rings (SSSR count). The second-order valence-corrected chi connectivity index (χ2v) is 9.26. The van der Waals surface area contributed by atoms with Crippen molar-refractivity contribution in [3.63, 3.8) is 0 Å². The van der Waals surface area contributed by atoms with E-state index in [9.17, 15) is 19.6 Å². The van der Waals surface area contributed by atoms with E-state index in [0.717, 1.165) is 21.8 Å². The molecule has 1 aliphatic rings. The molecule has 34 heavy (non-hydrogen) atoms. The summed E-state index contributed by atoms with van der Waals surface area (Å²) in [7, 11) is 2.71. The van der Waals surface area contributed by atoms with Gasteiger partial charge in [0.05, 0.1) is 42.3 Å². The van der Waals surface area contributed by atoms with Gasteiger partial charge in [-0.2, -0.15) is 5.26 Å². The molecule has 1 heterocycles. The molecule has 8 nitrogen and oxygen atoms in total. The number of carbonyl (C=O) groups excluding carboxylic acids is 3. The second-order valence-electron chi connectivity index (χ2n) is 7.42. The van der Waals surface area contributed by atoms with Gasteiger partial charge in [0, 0.05) is 10.4 Å². The lowest BCUT2D eigenvalue weighted by Gasteiger charge is -2.31. The molecule has 0 bridgehead atoms. The molecule has 2 aromatic carbocycles. The summed E-state index contributed by atoms with van der Waals surface area (Å²) in [6.07, 6.45) is 0. The molecule has 1 aliphatic heterocycles. The number of nitrogens with one attached hydrogen (secondary N) is 2. The molecule has 10 heteroatoms. The Morgan fingerprint density at radius 1 is 1.21 bits per heavy atom. The topological polar surface area (TPSA) is 118 Å². The molecular formula is C24H22BrN3O5S. The van der Waals surface area contributed by atoms with Crippen LogP contribution in [0, 0.1) is 24.2 Å². The average Bonchev–Trinajstić information content (AvgIpc) is 2.83. The fraction of sp³-hybridized carbons (Fsp3) is 0.250. The second kappa shape index (κ2) is 11.2. The Labute approximate surface area is 209 Å². The van der Waals surface area contributed by atoms with Gasteiger partial charge in [0.15, 0.2) is 0 Å². The first-order valence-electron chi connectivity index (χ1n) is 10.1. The number of halogens is 1. The number of hydrogen-bond donors (Lipinski definition) is 2. The van der Waals surface area contributed by atoms with Crippen LogP contribution in [0.1, 0.15) is 17.0 Å². The van der Waals surface area contributed by atoms with Crippen molar-refractivity contribution in [2.45, 2.75) is 12.8 Å². The average molecular weight is 544 g/mol. The fourth-order valence-corrected chi connectivity index (χ4v) is 4.98. The van der Waals surface area contributed by atoms with Gasteiger partial charge in [-0.25, -0.2) is 0 Å². The minimum absolute atomic E-state index is 0.0562. The van der Waals surface area contributed by atoms with Crippen molar-refractivity contribution < 1.29 is 23.9 Å². The van der Waals surface area contributed by atoms with Crippen molar-refractivity contribution >= 4 is 51.2 Å². The Morgan fingerprint density at radius 3 is 2.50 bits per heavy atom. The van der Waals surface area contributed by atoms with Gasteiger partial charge in [0.2, 0.25) is 11.8 Å². The molecule has 2 amide bonds. The molecule has 0 saturated carbocycles. The molecule has 2 N–H and O–H groups in total. The number of allylic oxidation sites excluding steroid dienone is 1. The lowest BCUT2D eigenvalue weighted by Crippen LogP contribution is -2.44. The maximum Gasteiger partial charge on any atom is 0.319 e. The van der Waals surface area contributed by atoms with Crippen LogP contribution in [-0.4, -0.2) is 37.8 Å². The smallest absolute Gasteiger partial charge is 0.319 e.